The van der Waals surface area contributed by atoms with Crippen molar-refractivity contribution in [1.29, 1.82) is 0 Å². The number of pyridine rings is 1. The molecule has 0 radical (unpaired) electrons. The maximum atomic E-state index is 8.71. The number of allylic oxidation sites excluding steroid dienone is 4. The molecule has 8 aromatic rings. The molecule has 6 heteroatoms. The van der Waals surface area contributed by atoms with Gasteiger partial charge in [0.15, 0.2) is 0 Å². The zero-order valence-corrected chi connectivity index (χ0v) is 42.1. The van der Waals surface area contributed by atoms with Crippen LogP contribution in [-0.2, 0) is 31.9 Å². The molecule has 0 saturated heterocycles. The summed E-state index contributed by atoms with van der Waals surface area (Å²) in [6.07, 6.45) is 11.0. The molecule has 0 spiro atoms. The smallest absolute Gasteiger partial charge is 0.267 e. The second-order valence-corrected chi connectivity index (χ2v) is 21.8. The van der Waals surface area contributed by atoms with Crippen molar-refractivity contribution in [2.75, 3.05) is 0 Å². The molecule has 9 rings (SSSR count). The zero-order valence-electron chi connectivity index (χ0n) is 42.8. The summed E-state index contributed by atoms with van der Waals surface area (Å²) >= 11 is 0. The molecular weight excluding hydrogens is 976 g/mol. The Kier molecular flexibility index (Phi) is 10.8. The van der Waals surface area contributed by atoms with Gasteiger partial charge in [-0.25, -0.2) is 4.98 Å². The third kappa shape index (κ3) is 8.94. The van der Waals surface area contributed by atoms with Gasteiger partial charge in [-0.2, -0.15) is 17.7 Å². The van der Waals surface area contributed by atoms with Gasteiger partial charge in [-0.3, -0.25) is 4.57 Å². The average Bonchev–Trinajstić information content (AvgIpc) is 3.81. The van der Waals surface area contributed by atoms with E-state index in [4.69, 9.17) is 13.8 Å². The van der Waals surface area contributed by atoms with Crippen LogP contribution in [0.25, 0.3) is 61.2 Å². The van der Waals surface area contributed by atoms with Gasteiger partial charge in [0.1, 0.15) is 5.82 Å². The molecule has 0 unspecified atom stereocenters. The van der Waals surface area contributed by atoms with Gasteiger partial charge in [0, 0.05) is 54.1 Å². The van der Waals surface area contributed by atoms with Crippen LogP contribution in [0.1, 0.15) is 110 Å². The Morgan fingerprint density at radius 2 is 1.45 bits per heavy atom. The van der Waals surface area contributed by atoms with E-state index in [0.717, 1.165) is 61.9 Å². The largest absolute Gasteiger partial charge is 0.510 e. The second-order valence-electron chi connectivity index (χ2n) is 21.8. The molecule has 65 heavy (non-hydrogen) atoms. The molecule has 1 aliphatic rings. The molecule has 5 nitrogen and oxygen atoms in total. The number of aromatic nitrogens is 4. The second kappa shape index (κ2) is 16.7. The van der Waals surface area contributed by atoms with E-state index in [0.29, 0.717) is 22.7 Å². The summed E-state index contributed by atoms with van der Waals surface area (Å²) in [6, 6.07) is 42.4. The Morgan fingerprint density at radius 1 is 0.692 bits per heavy atom. The van der Waals surface area contributed by atoms with Gasteiger partial charge < -0.3 is 13.9 Å². The van der Waals surface area contributed by atoms with E-state index < -0.39 is 6.85 Å². The minimum absolute atomic E-state index is 0. The number of fused-ring (bicyclic) bond motifs is 4. The topological polar surface area (TPSA) is 35.9 Å². The first kappa shape index (κ1) is 42.1. The monoisotopic (exact) mass is 1040 g/mol. The van der Waals surface area contributed by atoms with Gasteiger partial charge in [0.25, 0.3) is 6.33 Å². The molecular formula is C59H62N4OPt-2. The summed E-state index contributed by atoms with van der Waals surface area (Å²) in [5, 5.41) is 2.13. The van der Waals surface area contributed by atoms with Crippen LogP contribution in [0.2, 0.25) is 0 Å². The Hall–Kier alpha value is -5.51. The molecule has 1 aliphatic carbocycles. The van der Waals surface area contributed by atoms with Crippen molar-refractivity contribution in [2.24, 2.45) is 16.7 Å². The quantitative estimate of drug-likeness (QED) is 0.123. The molecule has 0 aliphatic heterocycles. The summed E-state index contributed by atoms with van der Waals surface area (Å²) in [4.78, 5) is 4.93. The van der Waals surface area contributed by atoms with Crippen LogP contribution < -0.4 is 9.30 Å². The fourth-order valence-electron chi connectivity index (χ4n) is 8.80. The van der Waals surface area contributed by atoms with Crippen LogP contribution in [0.3, 0.4) is 0 Å². The Bertz CT molecular complexity index is 3270. The predicted molar refractivity (Wildman–Crippen MR) is 266 cm³/mol. The van der Waals surface area contributed by atoms with Crippen molar-refractivity contribution in [3.8, 4) is 34.1 Å². The molecule has 0 fully saturated rings. The molecule has 0 bridgehead atoms. The fourth-order valence-corrected chi connectivity index (χ4v) is 8.80. The molecule has 3 heterocycles. The van der Waals surface area contributed by atoms with E-state index >= 15 is 0 Å². The van der Waals surface area contributed by atoms with Gasteiger partial charge in [-0.05, 0) is 104 Å². The molecule has 3 aromatic heterocycles. The Morgan fingerprint density at radius 3 is 2.14 bits per heavy atom. The van der Waals surface area contributed by atoms with Gasteiger partial charge in [-0.15, -0.1) is 29.7 Å². The minimum Gasteiger partial charge on any atom is -0.510 e. The molecule has 1 atom stereocenters. The summed E-state index contributed by atoms with van der Waals surface area (Å²) < 4.78 is 39.2. The van der Waals surface area contributed by atoms with Crippen molar-refractivity contribution < 1.29 is 34.5 Å². The first-order valence-corrected chi connectivity index (χ1v) is 22.6. The maximum absolute atomic E-state index is 8.71. The SMILES string of the molecule is [2H]C([2H])([2H])c1cccc2c1[n+](C1=CC(C(C)(C)C)=C[C@H](C(C)(C)C)C1)[c-]n2-c1[c-]c(Oc2[c-]c3c(cc2)c2cc(-c4ccccc4)ccc2n3-c2cc(C(C)(C)C)ccn2)cc(C(C)(C)C)c1.[Pt]. The van der Waals surface area contributed by atoms with Crippen LogP contribution >= 0.6 is 0 Å². The average molecular weight is 1040 g/mol. The number of benzene rings is 5. The first-order valence-electron chi connectivity index (χ1n) is 24.1. The van der Waals surface area contributed by atoms with Crippen LogP contribution in [0, 0.1) is 42.1 Å². The van der Waals surface area contributed by atoms with Gasteiger partial charge >= 0.3 is 0 Å². The molecule has 0 N–H and O–H groups in total. The Labute approximate surface area is 405 Å². The van der Waals surface area contributed by atoms with Crippen molar-refractivity contribution >= 4 is 38.5 Å². The summed E-state index contributed by atoms with van der Waals surface area (Å²) in [5.41, 5.74) is 10.4. The van der Waals surface area contributed by atoms with Crippen LogP contribution in [0.4, 0.5) is 0 Å². The third-order valence-corrected chi connectivity index (χ3v) is 12.8. The Balaban J connectivity index is 0.00000625. The standard InChI is InChI=1S/C59H62N4O.Pt/c1-38-18-17-21-52-55(38)62(45-30-42(57(5,6)7)29-43(31-45)58(8,9)10)37-61(52)46-32-44(59(11,12)13)33-48(35-46)64-47-23-24-49-50-28-40(39-19-15-14-16-20-39)22-25-51(50)63(53(49)36-47)54-34-41(26-27-60-54)56(2,3)4;/h14-30,32-34,43H,31H2,1-13H3;/q-2;/t43-;/m0./s1/i1D3;. The summed E-state index contributed by atoms with van der Waals surface area (Å²) in [6.45, 7) is 24.3. The minimum atomic E-state index is -2.36. The number of rotatable bonds is 6. The van der Waals surface area contributed by atoms with Crippen molar-refractivity contribution in [1.82, 2.24) is 14.1 Å². The number of aryl methyl sites for hydroxylation is 1. The molecule has 0 amide bonds. The number of hydrogen-bond acceptors (Lipinski definition) is 2. The van der Waals surface area contributed by atoms with Crippen molar-refractivity contribution in [2.45, 2.75) is 107 Å². The van der Waals surface area contributed by atoms with Crippen LogP contribution in [-0.4, -0.2) is 14.1 Å². The number of para-hydroxylation sites is 1. The van der Waals surface area contributed by atoms with E-state index in [1.165, 1.54) is 11.1 Å². The van der Waals surface area contributed by atoms with E-state index in [2.05, 4.69) is 185 Å². The summed E-state index contributed by atoms with van der Waals surface area (Å²) in [7, 11) is 0. The normalized spacial score (nSPS) is 15.9. The molecule has 0 saturated carbocycles. The van der Waals surface area contributed by atoms with Gasteiger partial charge in [0.2, 0.25) is 0 Å². The molecule has 5 aromatic carbocycles. The first-order chi connectivity index (χ1) is 31.3. The molecule has 336 valence electrons. The van der Waals surface area contributed by atoms with E-state index in [-0.39, 0.29) is 54.2 Å². The predicted octanol–water partition coefficient (Wildman–Crippen LogP) is 15.1. The van der Waals surface area contributed by atoms with E-state index in [1.54, 1.807) is 6.07 Å². The van der Waals surface area contributed by atoms with Crippen LogP contribution in [0.15, 0.2) is 127 Å². The van der Waals surface area contributed by atoms with Gasteiger partial charge in [-0.1, -0.05) is 155 Å². The zero-order chi connectivity index (χ0) is 48.0. The van der Waals surface area contributed by atoms with E-state index in [9.17, 15) is 0 Å². The maximum Gasteiger partial charge on any atom is 0.267 e. The summed E-state index contributed by atoms with van der Waals surface area (Å²) in [5.74, 6) is 2.08. The van der Waals surface area contributed by atoms with Crippen LogP contribution in [0.5, 0.6) is 11.5 Å². The third-order valence-electron chi connectivity index (χ3n) is 12.8. The number of nitrogens with zero attached hydrogens (tertiary/aromatic N) is 4. The van der Waals surface area contributed by atoms with Crippen molar-refractivity contribution in [3.05, 3.63) is 162 Å². The number of hydrogen-bond donors (Lipinski definition) is 0. The van der Waals surface area contributed by atoms with Gasteiger partial charge in [0.05, 0.1) is 11.0 Å². The fraction of sp³-hybridized carbons (Fsp3) is 0.322. The van der Waals surface area contributed by atoms with E-state index in [1.807, 2.05) is 45.7 Å². The number of imidazole rings is 1. The van der Waals surface area contributed by atoms with Crippen molar-refractivity contribution in [3.63, 3.8) is 0 Å². The number of ether oxygens (including phenoxy) is 1.